The SMILES string of the molecule is COC(C1CCC1)C(C)[C@@H]1CCCC2CCC(C)OCC21. The van der Waals surface area contributed by atoms with Crippen molar-refractivity contribution in [2.45, 2.75) is 77.4 Å². The van der Waals surface area contributed by atoms with Gasteiger partial charge in [0, 0.05) is 7.11 Å². The van der Waals surface area contributed by atoms with Crippen molar-refractivity contribution < 1.29 is 9.47 Å². The molecule has 0 aromatic heterocycles. The molecular weight excluding hydrogens is 260 g/mol. The minimum Gasteiger partial charge on any atom is -0.381 e. The molecule has 3 fully saturated rings. The Morgan fingerprint density at radius 3 is 2.43 bits per heavy atom. The van der Waals surface area contributed by atoms with E-state index in [4.69, 9.17) is 9.47 Å². The van der Waals surface area contributed by atoms with Gasteiger partial charge < -0.3 is 9.47 Å². The molecule has 3 rings (SSSR count). The van der Waals surface area contributed by atoms with Crippen LogP contribution in [0.15, 0.2) is 0 Å². The minimum atomic E-state index is 0.469. The van der Waals surface area contributed by atoms with Gasteiger partial charge in [-0.3, -0.25) is 0 Å². The lowest BCUT2D eigenvalue weighted by Crippen LogP contribution is -2.43. The summed E-state index contributed by atoms with van der Waals surface area (Å²) in [6.45, 7) is 5.72. The third-order valence-electron chi connectivity index (χ3n) is 6.87. The van der Waals surface area contributed by atoms with Gasteiger partial charge in [-0.25, -0.2) is 0 Å². The first-order chi connectivity index (χ1) is 10.2. The first-order valence-corrected chi connectivity index (χ1v) is 9.35. The number of hydrogen-bond acceptors (Lipinski definition) is 2. The molecule has 0 spiro atoms. The van der Waals surface area contributed by atoms with Gasteiger partial charge >= 0.3 is 0 Å². The summed E-state index contributed by atoms with van der Waals surface area (Å²) in [6, 6.07) is 0. The van der Waals surface area contributed by atoms with E-state index in [1.807, 2.05) is 7.11 Å². The van der Waals surface area contributed by atoms with Crippen molar-refractivity contribution in [2.24, 2.45) is 29.6 Å². The predicted octanol–water partition coefficient (Wildman–Crippen LogP) is 4.67. The highest BCUT2D eigenvalue weighted by molar-refractivity contribution is 4.92. The van der Waals surface area contributed by atoms with E-state index in [9.17, 15) is 0 Å². The highest BCUT2D eigenvalue weighted by Gasteiger charge is 2.42. The number of hydrogen-bond donors (Lipinski definition) is 0. The summed E-state index contributed by atoms with van der Waals surface area (Å²) >= 11 is 0. The first kappa shape index (κ1) is 15.8. The van der Waals surface area contributed by atoms with Gasteiger partial charge in [-0.15, -0.1) is 0 Å². The fourth-order valence-electron chi connectivity index (χ4n) is 5.32. The predicted molar refractivity (Wildman–Crippen MR) is 86.3 cm³/mol. The van der Waals surface area contributed by atoms with Gasteiger partial charge in [0.25, 0.3) is 0 Å². The maximum atomic E-state index is 6.13. The molecule has 2 saturated carbocycles. The van der Waals surface area contributed by atoms with Crippen molar-refractivity contribution in [3.05, 3.63) is 0 Å². The highest BCUT2D eigenvalue weighted by Crippen LogP contribution is 2.46. The fraction of sp³-hybridized carbons (Fsp3) is 1.00. The second-order valence-electron chi connectivity index (χ2n) is 7.99. The molecule has 1 saturated heterocycles. The van der Waals surface area contributed by atoms with Gasteiger partial charge in [0.05, 0.1) is 18.8 Å². The van der Waals surface area contributed by atoms with E-state index >= 15 is 0 Å². The van der Waals surface area contributed by atoms with Crippen LogP contribution in [0.3, 0.4) is 0 Å². The van der Waals surface area contributed by atoms with Crippen LogP contribution in [0.4, 0.5) is 0 Å². The van der Waals surface area contributed by atoms with Crippen LogP contribution in [0.2, 0.25) is 0 Å². The average molecular weight is 294 g/mol. The molecule has 5 unspecified atom stereocenters. The number of fused-ring (bicyclic) bond motifs is 1. The largest absolute Gasteiger partial charge is 0.381 e. The number of ether oxygens (including phenoxy) is 2. The van der Waals surface area contributed by atoms with Crippen molar-refractivity contribution in [1.29, 1.82) is 0 Å². The Hall–Kier alpha value is -0.0800. The third kappa shape index (κ3) is 3.32. The molecule has 0 N–H and O–H groups in total. The summed E-state index contributed by atoms with van der Waals surface area (Å²) in [7, 11) is 1.94. The Kier molecular flexibility index (Phi) is 5.27. The topological polar surface area (TPSA) is 18.5 Å². The van der Waals surface area contributed by atoms with Crippen LogP contribution >= 0.6 is 0 Å². The Labute approximate surface area is 131 Å². The number of methoxy groups -OCH3 is 1. The van der Waals surface area contributed by atoms with E-state index in [1.54, 1.807) is 0 Å². The van der Waals surface area contributed by atoms with E-state index in [-0.39, 0.29) is 0 Å². The lowest BCUT2D eigenvalue weighted by Gasteiger charge is -2.45. The summed E-state index contributed by atoms with van der Waals surface area (Å²) in [5.74, 6) is 4.05. The molecule has 3 aliphatic rings. The molecule has 0 radical (unpaired) electrons. The van der Waals surface area contributed by atoms with Crippen molar-refractivity contribution in [2.75, 3.05) is 13.7 Å². The van der Waals surface area contributed by atoms with Crippen LogP contribution in [0.25, 0.3) is 0 Å². The van der Waals surface area contributed by atoms with Crippen molar-refractivity contribution in [3.8, 4) is 0 Å². The van der Waals surface area contributed by atoms with E-state index in [1.165, 1.54) is 51.4 Å². The maximum absolute atomic E-state index is 6.13. The molecule has 2 aliphatic carbocycles. The van der Waals surface area contributed by atoms with Gasteiger partial charge in [-0.2, -0.15) is 0 Å². The standard InChI is InChI=1S/C19H34O2/c1-13-10-11-15-6-5-9-17(18(15)12-21-13)14(2)19(20-3)16-7-4-8-16/h13-19H,4-12H2,1-3H3/t13?,14?,15?,17-,18?,19?/m0/s1. The lowest BCUT2D eigenvalue weighted by molar-refractivity contribution is -0.0678. The van der Waals surface area contributed by atoms with Crippen LogP contribution in [-0.4, -0.2) is 25.9 Å². The molecule has 1 aliphatic heterocycles. The quantitative estimate of drug-likeness (QED) is 0.750. The van der Waals surface area contributed by atoms with E-state index in [0.717, 1.165) is 30.3 Å². The fourth-order valence-corrected chi connectivity index (χ4v) is 5.32. The maximum Gasteiger partial charge on any atom is 0.0627 e. The molecule has 1 heterocycles. The summed E-state index contributed by atoms with van der Waals surface area (Å²) in [5, 5.41) is 0. The summed E-state index contributed by atoms with van der Waals surface area (Å²) in [4.78, 5) is 0. The molecule has 2 heteroatoms. The normalized spacial score (nSPS) is 40.7. The van der Waals surface area contributed by atoms with Crippen LogP contribution in [0.5, 0.6) is 0 Å². The lowest BCUT2D eigenvalue weighted by atomic mass is 9.63. The Bertz CT molecular complexity index is 326. The van der Waals surface area contributed by atoms with Crippen LogP contribution < -0.4 is 0 Å². The molecule has 2 nitrogen and oxygen atoms in total. The second-order valence-corrected chi connectivity index (χ2v) is 7.99. The zero-order chi connectivity index (χ0) is 14.8. The van der Waals surface area contributed by atoms with Crippen molar-refractivity contribution >= 4 is 0 Å². The molecule has 0 amide bonds. The average Bonchev–Trinajstić information content (AvgIpc) is 2.64. The van der Waals surface area contributed by atoms with Gasteiger partial charge in [-0.05, 0) is 68.6 Å². The van der Waals surface area contributed by atoms with E-state index in [0.29, 0.717) is 18.1 Å². The summed E-state index contributed by atoms with van der Waals surface area (Å²) in [5.41, 5.74) is 0. The molecule has 21 heavy (non-hydrogen) atoms. The summed E-state index contributed by atoms with van der Waals surface area (Å²) < 4.78 is 12.1. The van der Waals surface area contributed by atoms with E-state index < -0.39 is 0 Å². The highest BCUT2D eigenvalue weighted by atomic mass is 16.5. The van der Waals surface area contributed by atoms with Gasteiger partial charge in [0.1, 0.15) is 0 Å². The zero-order valence-corrected chi connectivity index (χ0v) is 14.2. The first-order valence-electron chi connectivity index (χ1n) is 9.35. The number of rotatable bonds is 4. The monoisotopic (exact) mass is 294 g/mol. The molecule has 0 aromatic carbocycles. The Morgan fingerprint density at radius 1 is 1.00 bits per heavy atom. The molecule has 6 atom stereocenters. The van der Waals surface area contributed by atoms with Crippen LogP contribution in [0, 0.1) is 29.6 Å². The van der Waals surface area contributed by atoms with Crippen LogP contribution in [-0.2, 0) is 9.47 Å². The molecule has 0 aromatic rings. The van der Waals surface area contributed by atoms with Gasteiger partial charge in [0.15, 0.2) is 0 Å². The van der Waals surface area contributed by atoms with Crippen LogP contribution in [0.1, 0.15) is 65.2 Å². The molecule has 122 valence electrons. The minimum absolute atomic E-state index is 0.469. The van der Waals surface area contributed by atoms with Gasteiger partial charge in [0.2, 0.25) is 0 Å². The van der Waals surface area contributed by atoms with Crippen molar-refractivity contribution in [1.82, 2.24) is 0 Å². The van der Waals surface area contributed by atoms with E-state index in [2.05, 4.69) is 13.8 Å². The third-order valence-corrected chi connectivity index (χ3v) is 6.87. The summed E-state index contributed by atoms with van der Waals surface area (Å²) in [6.07, 6.45) is 12.0. The van der Waals surface area contributed by atoms with Gasteiger partial charge in [-0.1, -0.05) is 26.2 Å². The Morgan fingerprint density at radius 2 is 1.76 bits per heavy atom. The van der Waals surface area contributed by atoms with Crippen molar-refractivity contribution in [3.63, 3.8) is 0 Å². The molecule has 0 bridgehead atoms. The molecular formula is C19H34O2. The second kappa shape index (κ2) is 7.00. The Balaban J connectivity index is 1.69. The zero-order valence-electron chi connectivity index (χ0n) is 14.2. The smallest absolute Gasteiger partial charge is 0.0627 e.